The first-order valence-corrected chi connectivity index (χ1v) is 6.65. The highest BCUT2D eigenvalue weighted by Gasteiger charge is 2.10. The van der Waals surface area contributed by atoms with Gasteiger partial charge >= 0.3 is 0 Å². The van der Waals surface area contributed by atoms with Crippen molar-refractivity contribution in [1.29, 1.82) is 0 Å². The zero-order valence-electron chi connectivity index (χ0n) is 12.1. The van der Waals surface area contributed by atoms with Gasteiger partial charge in [0.15, 0.2) is 0 Å². The number of aryl methyl sites for hydroxylation is 2. The first-order chi connectivity index (χ1) is 9.54. The van der Waals surface area contributed by atoms with E-state index >= 15 is 0 Å². The average Bonchev–Trinajstić information content (AvgIpc) is 2.77. The van der Waals surface area contributed by atoms with Crippen molar-refractivity contribution in [2.24, 2.45) is 7.05 Å². The SMILES string of the molecule is Cc1ccccc1NC(=O)C[C@@H](C)Nc1cnn(C)c1. The molecule has 1 aromatic heterocycles. The van der Waals surface area contributed by atoms with Crippen LogP contribution in [-0.2, 0) is 11.8 Å². The molecule has 1 atom stereocenters. The van der Waals surface area contributed by atoms with Gasteiger partial charge in [-0.1, -0.05) is 18.2 Å². The monoisotopic (exact) mass is 272 g/mol. The molecule has 1 amide bonds. The molecule has 0 unspecified atom stereocenters. The van der Waals surface area contributed by atoms with Crippen molar-refractivity contribution in [1.82, 2.24) is 9.78 Å². The van der Waals surface area contributed by atoms with Crippen LogP contribution in [0.2, 0.25) is 0 Å². The van der Waals surface area contributed by atoms with Crippen molar-refractivity contribution in [2.45, 2.75) is 26.3 Å². The number of amides is 1. The van der Waals surface area contributed by atoms with E-state index in [9.17, 15) is 4.79 Å². The number of carbonyl (C=O) groups excluding carboxylic acids is 1. The minimum atomic E-state index is 0.00295. The first-order valence-electron chi connectivity index (χ1n) is 6.65. The van der Waals surface area contributed by atoms with Gasteiger partial charge < -0.3 is 10.6 Å². The molecule has 2 N–H and O–H groups in total. The third kappa shape index (κ3) is 3.85. The summed E-state index contributed by atoms with van der Waals surface area (Å²) in [5.74, 6) is 0.00295. The van der Waals surface area contributed by atoms with E-state index in [0.717, 1.165) is 16.9 Å². The van der Waals surface area contributed by atoms with E-state index in [1.54, 1.807) is 10.9 Å². The van der Waals surface area contributed by atoms with E-state index in [2.05, 4.69) is 15.7 Å². The van der Waals surface area contributed by atoms with E-state index < -0.39 is 0 Å². The quantitative estimate of drug-likeness (QED) is 0.879. The fourth-order valence-electron chi connectivity index (χ4n) is 2.02. The summed E-state index contributed by atoms with van der Waals surface area (Å²) >= 11 is 0. The highest BCUT2D eigenvalue weighted by Crippen LogP contribution is 2.14. The molecular formula is C15H20N4O. The van der Waals surface area contributed by atoms with Crippen LogP contribution in [0.1, 0.15) is 18.9 Å². The third-order valence-corrected chi connectivity index (χ3v) is 3.03. The molecule has 0 aliphatic carbocycles. The summed E-state index contributed by atoms with van der Waals surface area (Å²) < 4.78 is 1.72. The van der Waals surface area contributed by atoms with Crippen LogP contribution in [0.5, 0.6) is 0 Å². The lowest BCUT2D eigenvalue weighted by molar-refractivity contribution is -0.116. The summed E-state index contributed by atoms with van der Waals surface area (Å²) in [7, 11) is 1.86. The zero-order chi connectivity index (χ0) is 14.5. The van der Waals surface area contributed by atoms with Crippen LogP contribution in [-0.4, -0.2) is 21.7 Å². The Morgan fingerprint density at radius 1 is 1.40 bits per heavy atom. The summed E-state index contributed by atoms with van der Waals surface area (Å²) in [5.41, 5.74) is 2.85. The maximum atomic E-state index is 12.0. The lowest BCUT2D eigenvalue weighted by Gasteiger charge is -2.14. The summed E-state index contributed by atoms with van der Waals surface area (Å²) in [6.45, 7) is 3.96. The number of nitrogens with one attached hydrogen (secondary N) is 2. The molecule has 20 heavy (non-hydrogen) atoms. The summed E-state index contributed by atoms with van der Waals surface area (Å²) in [4.78, 5) is 12.0. The van der Waals surface area contributed by atoms with Crippen molar-refractivity contribution >= 4 is 17.3 Å². The van der Waals surface area contributed by atoms with Crippen molar-refractivity contribution < 1.29 is 4.79 Å². The van der Waals surface area contributed by atoms with Gasteiger partial charge in [-0.2, -0.15) is 5.10 Å². The van der Waals surface area contributed by atoms with Crippen molar-refractivity contribution in [2.75, 3.05) is 10.6 Å². The molecule has 1 aromatic carbocycles. The van der Waals surface area contributed by atoms with E-state index in [-0.39, 0.29) is 11.9 Å². The van der Waals surface area contributed by atoms with Crippen LogP contribution >= 0.6 is 0 Å². The summed E-state index contributed by atoms with van der Waals surface area (Å²) in [5, 5.41) is 10.3. The van der Waals surface area contributed by atoms with Crippen molar-refractivity contribution in [3.8, 4) is 0 Å². The second kappa shape index (κ2) is 6.23. The summed E-state index contributed by atoms with van der Waals surface area (Å²) in [6, 6.07) is 7.81. The zero-order valence-corrected chi connectivity index (χ0v) is 12.1. The lowest BCUT2D eigenvalue weighted by atomic mass is 10.2. The van der Waals surface area contributed by atoms with Crippen LogP contribution < -0.4 is 10.6 Å². The number of nitrogens with zero attached hydrogens (tertiary/aromatic N) is 2. The Hall–Kier alpha value is -2.30. The van der Waals surface area contributed by atoms with Gasteiger partial charge in [-0.3, -0.25) is 9.48 Å². The highest BCUT2D eigenvalue weighted by molar-refractivity contribution is 5.92. The fourth-order valence-corrected chi connectivity index (χ4v) is 2.02. The molecule has 0 spiro atoms. The Morgan fingerprint density at radius 2 is 2.15 bits per heavy atom. The Balaban J connectivity index is 1.86. The molecule has 0 aliphatic heterocycles. The number of aromatic nitrogens is 2. The van der Waals surface area contributed by atoms with Gasteiger partial charge in [0.1, 0.15) is 0 Å². The van der Waals surface area contributed by atoms with Crippen LogP contribution in [0.15, 0.2) is 36.7 Å². The van der Waals surface area contributed by atoms with Crippen LogP contribution in [0.4, 0.5) is 11.4 Å². The van der Waals surface area contributed by atoms with E-state index in [4.69, 9.17) is 0 Å². The topological polar surface area (TPSA) is 59.0 Å². The molecule has 1 heterocycles. The maximum Gasteiger partial charge on any atom is 0.226 e. The molecule has 0 fully saturated rings. The molecule has 0 aliphatic rings. The minimum Gasteiger partial charge on any atom is -0.380 e. The van der Waals surface area contributed by atoms with Crippen molar-refractivity contribution in [3.63, 3.8) is 0 Å². The molecular weight excluding hydrogens is 252 g/mol. The summed E-state index contributed by atoms with van der Waals surface area (Å²) in [6.07, 6.45) is 4.04. The molecule has 2 rings (SSSR count). The molecule has 0 saturated carbocycles. The van der Waals surface area contributed by atoms with Crippen LogP contribution in [0.3, 0.4) is 0 Å². The predicted molar refractivity (Wildman–Crippen MR) is 80.7 cm³/mol. The van der Waals surface area contributed by atoms with Gasteiger partial charge in [-0.05, 0) is 25.5 Å². The molecule has 5 heteroatoms. The van der Waals surface area contributed by atoms with Crippen molar-refractivity contribution in [3.05, 3.63) is 42.2 Å². The number of rotatable bonds is 5. The van der Waals surface area contributed by atoms with Gasteiger partial charge in [0.2, 0.25) is 5.91 Å². The number of hydrogen-bond donors (Lipinski definition) is 2. The number of para-hydroxylation sites is 1. The highest BCUT2D eigenvalue weighted by atomic mass is 16.1. The van der Waals surface area contributed by atoms with E-state index in [1.165, 1.54) is 0 Å². The van der Waals surface area contributed by atoms with Gasteiger partial charge in [-0.15, -0.1) is 0 Å². The lowest BCUT2D eigenvalue weighted by Crippen LogP contribution is -2.23. The molecule has 0 radical (unpaired) electrons. The maximum absolute atomic E-state index is 12.0. The number of anilines is 2. The second-order valence-electron chi connectivity index (χ2n) is 5.02. The molecule has 106 valence electrons. The Kier molecular flexibility index (Phi) is 4.40. The third-order valence-electron chi connectivity index (χ3n) is 3.03. The smallest absolute Gasteiger partial charge is 0.226 e. The predicted octanol–water partition coefficient (Wildman–Crippen LogP) is 2.56. The van der Waals surface area contributed by atoms with Crippen LogP contribution in [0, 0.1) is 6.92 Å². The van der Waals surface area contributed by atoms with Gasteiger partial charge in [0.05, 0.1) is 11.9 Å². The van der Waals surface area contributed by atoms with Gasteiger partial charge in [0.25, 0.3) is 0 Å². The van der Waals surface area contributed by atoms with E-state index in [1.807, 2.05) is 51.4 Å². The average molecular weight is 272 g/mol. The number of carbonyl (C=O) groups is 1. The largest absolute Gasteiger partial charge is 0.380 e. The first kappa shape index (κ1) is 14.1. The standard InChI is InChI=1S/C15H20N4O/c1-11-6-4-5-7-14(11)18-15(20)8-12(2)17-13-9-16-19(3)10-13/h4-7,9-10,12,17H,8H2,1-3H3,(H,18,20)/t12-/m1/s1. The second-order valence-corrected chi connectivity index (χ2v) is 5.02. The molecule has 0 saturated heterocycles. The van der Waals surface area contributed by atoms with Crippen LogP contribution in [0.25, 0.3) is 0 Å². The Labute approximate surface area is 119 Å². The molecule has 5 nitrogen and oxygen atoms in total. The van der Waals surface area contributed by atoms with E-state index in [0.29, 0.717) is 6.42 Å². The number of benzene rings is 1. The van der Waals surface area contributed by atoms with Gasteiger partial charge in [0, 0.05) is 31.4 Å². The van der Waals surface area contributed by atoms with Gasteiger partial charge in [-0.25, -0.2) is 0 Å². The normalized spacial score (nSPS) is 11.9. The number of hydrogen-bond acceptors (Lipinski definition) is 3. The molecule has 0 bridgehead atoms. The molecule has 2 aromatic rings. The minimum absolute atomic E-state index is 0.00295. The Morgan fingerprint density at radius 3 is 2.80 bits per heavy atom. The Bertz CT molecular complexity index is 591. The fraction of sp³-hybridized carbons (Fsp3) is 0.333.